The van der Waals surface area contributed by atoms with E-state index in [1.165, 1.54) is 11.8 Å². The highest BCUT2D eigenvalue weighted by atomic mass is 32.2. The van der Waals surface area contributed by atoms with E-state index in [2.05, 4.69) is 13.8 Å². The molecule has 0 atom stereocenters. The molecule has 4 nitrogen and oxygen atoms in total. The molecular weight excluding hydrogens is 284 g/mol. The van der Waals surface area contributed by atoms with Crippen LogP contribution in [0.15, 0.2) is 29.2 Å². The first-order valence-corrected chi connectivity index (χ1v) is 8.16. The number of rotatable bonds is 8. The first-order chi connectivity index (χ1) is 9.88. The van der Waals surface area contributed by atoms with Crippen molar-refractivity contribution in [1.82, 2.24) is 4.90 Å². The molecule has 0 aromatic heterocycles. The van der Waals surface area contributed by atoms with Gasteiger partial charge in [0, 0.05) is 18.5 Å². The molecule has 0 spiro atoms. The number of hydrogen-bond acceptors (Lipinski definition) is 4. The van der Waals surface area contributed by atoms with Crippen molar-refractivity contribution < 1.29 is 9.53 Å². The molecule has 5 heteroatoms. The van der Waals surface area contributed by atoms with Crippen LogP contribution in [0.3, 0.4) is 0 Å². The lowest BCUT2D eigenvalue weighted by Crippen LogP contribution is -2.40. The summed E-state index contributed by atoms with van der Waals surface area (Å²) < 4.78 is 5.40. The number of nitrogens with two attached hydrogens (primary N) is 1. The van der Waals surface area contributed by atoms with Gasteiger partial charge in [0.25, 0.3) is 0 Å². The smallest absolute Gasteiger partial charge is 0.232 e. The Bertz CT molecular complexity index is 446. The van der Waals surface area contributed by atoms with Crippen LogP contribution in [0.1, 0.15) is 20.8 Å². The van der Waals surface area contributed by atoms with Crippen LogP contribution in [0.2, 0.25) is 0 Å². The van der Waals surface area contributed by atoms with Crippen molar-refractivity contribution >= 4 is 17.7 Å². The summed E-state index contributed by atoms with van der Waals surface area (Å²) in [4.78, 5) is 14.9. The van der Waals surface area contributed by atoms with Gasteiger partial charge in [0.15, 0.2) is 0 Å². The molecule has 1 amide bonds. The molecule has 1 rings (SSSR count). The lowest BCUT2D eigenvalue weighted by Gasteiger charge is -2.29. The van der Waals surface area contributed by atoms with Gasteiger partial charge in [0.05, 0.1) is 12.4 Å². The van der Waals surface area contributed by atoms with Crippen LogP contribution in [0.25, 0.3) is 0 Å². The van der Waals surface area contributed by atoms with Gasteiger partial charge in [-0.2, -0.15) is 0 Å². The number of carbonyl (C=O) groups is 1. The number of thioether (sulfide) groups is 1. The van der Waals surface area contributed by atoms with Crippen LogP contribution >= 0.6 is 11.8 Å². The van der Waals surface area contributed by atoms with E-state index in [1.54, 1.807) is 4.90 Å². The first kappa shape index (κ1) is 17.9. The van der Waals surface area contributed by atoms with Crippen molar-refractivity contribution in [3.05, 3.63) is 24.3 Å². The number of benzene rings is 1. The third-order valence-electron chi connectivity index (χ3n) is 3.14. The number of hydrogen-bond donors (Lipinski definition) is 1. The van der Waals surface area contributed by atoms with E-state index < -0.39 is 0 Å². The molecule has 0 radical (unpaired) electrons. The molecule has 1 aromatic rings. The summed E-state index contributed by atoms with van der Waals surface area (Å²) in [6, 6.07) is 7.81. The fraction of sp³-hybridized carbons (Fsp3) is 0.562. The van der Waals surface area contributed by atoms with Gasteiger partial charge in [0.2, 0.25) is 5.91 Å². The van der Waals surface area contributed by atoms with Crippen molar-refractivity contribution in [2.24, 2.45) is 11.1 Å². The van der Waals surface area contributed by atoms with E-state index in [0.29, 0.717) is 25.4 Å². The molecule has 118 valence electrons. The largest absolute Gasteiger partial charge is 0.494 e. The predicted octanol–water partition coefficient (Wildman–Crippen LogP) is 2.62. The topological polar surface area (TPSA) is 55.6 Å². The standard InChI is InChI=1S/C16H26N2O2S/c1-5-20-13-6-8-14(9-7-13)21-10-15(19)18(4)12-16(2,3)11-17/h6-9H,5,10-12,17H2,1-4H3. The number of nitrogens with zero attached hydrogens (tertiary/aromatic N) is 1. The van der Waals surface area contributed by atoms with Crippen molar-refractivity contribution in [3.63, 3.8) is 0 Å². The summed E-state index contributed by atoms with van der Waals surface area (Å²) >= 11 is 1.54. The van der Waals surface area contributed by atoms with E-state index in [4.69, 9.17) is 10.5 Å². The maximum atomic E-state index is 12.1. The normalized spacial score (nSPS) is 11.3. The molecule has 2 N–H and O–H groups in total. The minimum Gasteiger partial charge on any atom is -0.494 e. The van der Waals surface area contributed by atoms with Crippen LogP contribution in [-0.2, 0) is 4.79 Å². The lowest BCUT2D eigenvalue weighted by molar-refractivity contribution is -0.128. The van der Waals surface area contributed by atoms with Gasteiger partial charge in [-0.05, 0) is 43.1 Å². The molecule has 0 saturated carbocycles. The molecular formula is C16H26N2O2S. The summed E-state index contributed by atoms with van der Waals surface area (Å²) in [5.41, 5.74) is 5.66. The fourth-order valence-electron chi connectivity index (χ4n) is 1.85. The lowest BCUT2D eigenvalue weighted by atomic mass is 9.93. The minimum atomic E-state index is -0.0474. The Morgan fingerprint density at radius 2 is 1.95 bits per heavy atom. The highest BCUT2D eigenvalue weighted by molar-refractivity contribution is 8.00. The van der Waals surface area contributed by atoms with Crippen molar-refractivity contribution in [1.29, 1.82) is 0 Å². The second-order valence-electron chi connectivity index (χ2n) is 5.81. The number of ether oxygens (including phenoxy) is 1. The quantitative estimate of drug-likeness (QED) is 0.750. The molecule has 0 aliphatic heterocycles. The van der Waals surface area contributed by atoms with E-state index in [9.17, 15) is 4.79 Å². The third-order valence-corrected chi connectivity index (χ3v) is 4.14. The van der Waals surface area contributed by atoms with Gasteiger partial charge in [-0.3, -0.25) is 4.79 Å². The molecule has 0 unspecified atom stereocenters. The molecule has 0 fully saturated rings. The van der Waals surface area contributed by atoms with Gasteiger partial charge in [-0.15, -0.1) is 11.8 Å². The fourth-order valence-corrected chi connectivity index (χ4v) is 2.69. The van der Waals surface area contributed by atoms with Gasteiger partial charge >= 0.3 is 0 Å². The van der Waals surface area contributed by atoms with Crippen molar-refractivity contribution in [3.8, 4) is 5.75 Å². The minimum absolute atomic E-state index is 0.0474. The zero-order chi connectivity index (χ0) is 15.9. The molecule has 0 aliphatic carbocycles. The molecule has 0 bridgehead atoms. The Balaban J connectivity index is 2.45. The summed E-state index contributed by atoms with van der Waals surface area (Å²) in [6.45, 7) is 7.99. The summed E-state index contributed by atoms with van der Waals surface area (Å²) in [7, 11) is 1.83. The molecule has 0 aliphatic rings. The van der Waals surface area contributed by atoms with E-state index in [1.807, 2.05) is 38.2 Å². The van der Waals surface area contributed by atoms with Crippen LogP contribution in [0, 0.1) is 5.41 Å². The zero-order valence-corrected chi connectivity index (χ0v) is 14.2. The molecule has 0 heterocycles. The third kappa shape index (κ3) is 6.40. The Morgan fingerprint density at radius 1 is 1.33 bits per heavy atom. The predicted molar refractivity (Wildman–Crippen MR) is 88.8 cm³/mol. The highest BCUT2D eigenvalue weighted by Gasteiger charge is 2.21. The molecule has 1 aromatic carbocycles. The van der Waals surface area contributed by atoms with Crippen molar-refractivity contribution in [2.45, 2.75) is 25.7 Å². The van der Waals surface area contributed by atoms with Crippen LogP contribution < -0.4 is 10.5 Å². The maximum absolute atomic E-state index is 12.1. The Labute approximate surface area is 132 Å². The van der Waals surface area contributed by atoms with Gasteiger partial charge in [-0.25, -0.2) is 0 Å². The number of amides is 1. The van der Waals surface area contributed by atoms with Gasteiger partial charge in [0.1, 0.15) is 5.75 Å². The average molecular weight is 310 g/mol. The summed E-state index contributed by atoms with van der Waals surface area (Å²) in [5.74, 6) is 1.41. The Kier molecular flexibility index (Phi) is 7.05. The van der Waals surface area contributed by atoms with Crippen LogP contribution in [0.4, 0.5) is 0 Å². The Hall–Kier alpha value is -1.20. The summed E-state index contributed by atoms with van der Waals surface area (Å²) in [6.07, 6.45) is 0. The number of carbonyl (C=O) groups excluding carboxylic acids is 1. The van der Waals surface area contributed by atoms with Crippen LogP contribution in [0.5, 0.6) is 5.75 Å². The maximum Gasteiger partial charge on any atom is 0.232 e. The Morgan fingerprint density at radius 3 is 2.48 bits per heavy atom. The second kappa shape index (κ2) is 8.29. The average Bonchev–Trinajstić information content (AvgIpc) is 2.46. The van der Waals surface area contributed by atoms with Gasteiger partial charge < -0.3 is 15.4 Å². The van der Waals surface area contributed by atoms with E-state index in [0.717, 1.165) is 10.6 Å². The monoisotopic (exact) mass is 310 g/mol. The SMILES string of the molecule is CCOc1ccc(SCC(=O)N(C)CC(C)(C)CN)cc1. The first-order valence-electron chi connectivity index (χ1n) is 7.17. The van der Waals surface area contributed by atoms with E-state index in [-0.39, 0.29) is 11.3 Å². The molecule has 21 heavy (non-hydrogen) atoms. The summed E-state index contributed by atoms with van der Waals surface area (Å²) in [5, 5.41) is 0. The van der Waals surface area contributed by atoms with Crippen LogP contribution in [-0.4, -0.2) is 43.3 Å². The molecule has 0 saturated heterocycles. The van der Waals surface area contributed by atoms with Crippen molar-refractivity contribution in [2.75, 3.05) is 32.5 Å². The van der Waals surface area contributed by atoms with Gasteiger partial charge in [-0.1, -0.05) is 13.8 Å². The van der Waals surface area contributed by atoms with E-state index >= 15 is 0 Å². The highest BCUT2D eigenvalue weighted by Crippen LogP contribution is 2.22. The zero-order valence-electron chi connectivity index (χ0n) is 13.4. The second-order valence-corrected chi connectivity index (χ2v) is 6.86.